The Morgan fingerprint density at radius 1 is 1.42 bits per heavy atom. The van der Waals surface area contributed by atoms with Crippen molar-refractivity contribution >= 4 is 28.9 Å². The molecule has 1 fully saturated rings. The maximum absolute atomic E-state index is 10.8. The molecule has 0 spiro atoms. The maximum atomic E-state index is 10.8. The molecule has 0 atom stereocenters. The van der Waals surface area contributed by atoms with E-state index in [2.05, 4.69) is 28.7 Å². The number of halogens is 1. The lowest BCUT2D eigenvalue weighted by atomic mass is 9.98. The topological polar surface area (TPSA) is 17.1 Å². The SMILES string of the molecule is O=CC1(c2cccc(I)c2)CC1. The third-order valence-electron chi connectivity index (χ3n) is 2.41. The molecular formula is C10H9IO. The van der Waals surface area contributed by atoms with E-state index < -0.39 is 0 Å². The van der Waals surface area contributed by atoms with Gasteiger partial charge in [-0.3, -0.25) is 0 Å². The molecule has 1 nitrogen and oxygen atoms in total. The van der Waals surface area contributed by atoms with Crippen LogP contribution in [0.3, 0.4) is 0 Å². The highest BCUT2D eigenvalue weighted by molar-refractivity contribution is 14.1. The Labute approximate surface area is 85.3 Å². The summed E-state index contributed by atoms with van der Waals surface area (Å²) in [5.74, 6) is 0. The molecule has 0 aromatic heterocycles. The van der Waals surface area contributed by atoms with Crippen LogP contribution in [0.15, 0.2) is 24.3 Å². The summed E-state index contributed by atoms with van der Waals surface area (Å²) < 4.78 is 1.21. The fraction of sp³-hybridized carbons (Fsp3) is 0.300. The molecule has 0 saturated heterocycles. The van der Waals surface area contributed by atoms with Crippen molar-refractivity contribution in [1.82, 2.24) is 0 Å². The van der Waals surface area contributed by atoms with Gasteiger partial charge in [0.05, 0.1) is 5.41 Å². The van der Waals surface area contributed by atoms with Gasteiger partial charge in [-0.05, 0) is 53.1 Å². The van der Waals surface area contributed by atoms with E-state index in [0.717, 1.165) is 19.1 Å². The molecule has 12 heavy (non-hydrogen) atoms. The molecule has 0 unspecified atom stereocenters. The zero-order valence-corrected chi connectivity index (χ0v) is 8.74. The Hall–Kier alpha value is -0.380. The van der Waals surface area contributed by atoms with Crippen molar-refractivity contribution in [3.63, 3.8) is 0 Å². The minimum absolute atomic E-state index is 0.110. The van der Waals surface area contributed by atoms with E-state index in [1.165, 1.54) is 9.13 Å². The van der Waals surface area contributed by atoms with Gasteiger partial charge < -0.3 is 4.79 Å². The van der Waals surface area contributed by atoms with Crippen LogP contribution >= 0.6 is 22.6 Å². The summed E-state index contributed by atoms with van der Waals surface area (Å²) in [5, 5.41) is 0. The third-order valence-corrected chi connectivity index (χ3v) is 3.08. The van der Waals surface area contributed by atoms with Gasteiger partial charge in [-0.25, -0.2) is 0 Å². The van der Waals surface area contributed by atoms with Crippen molar-refractivity contribution in [1.29, 1.82) is 0 Å². The Morgan fingerprint density at radius 2 is 2.17 bits per heavy atom. The second-order valence-electron chi connectivity index (χ2n) is 3.28. The van der Waals surface area contributed by atoms with E-state index in [-0.39, 0.29) is 5.41 Å². The lowest BCUT2D eigenvalue weighted by Gasteiger charge is -2.06. The molecule has 1 aromatic carbocycles. The van der Waals surface area contributed by atoms with Gasteiger partial charge in [0.2, 0.25) is 0 Å². The third kappa shape index (κ3) is 1.28. The number of carbonyl (C=O) groups excluding carboxylic acids is 1. The fourth-order valence-electron chi connectivity index (χ4n) is 1.41. The molecule has 1 saturated carbocycles. The van der Waals surface area contributed by atoms with Crippen molar-refractivity contribution in [3.05, 3.63) is 33.4 Å². The fourth-order valence-corrected chi connectivity index (χ4v) is 1.95. The van der Waals surface area contributed by atoms with Crippen LogP contribution in [0.1, 0.15) is 18.4 Å². The highest BCUT2D eigenvalue weighted by Gasteiger charge is 2.44. The predicted molar refractivity (Wildman–Crippen MR) is 56.1 cm³/mol. The van der Waals surface area contributed by atoms with Crippen LogP contribution in [-0.4, -0.2) is 6.29 Å². The summed E-state index contributed by atoms with van der Waals surface area (Å²) in [6.07, 6.45) is 3.14. The van der Waals surface area contributed by atoms with Crippen molar-refractivity contribution in [3.8, 4) is 0 Å². The molecule has 1 aliphatic rings. The van der Waals surface area contributed by atoms with Gasteiger partial charge in [-0.2, -0.15) is 0 Å². The van der Waals surface area contributed by atoms with Gasteiger partial charge in [0.1, 0.15) is 6.29 Å². The number of hydrogen-bond acceptors (Lipinski definition) is 1. The molecule has 1 aliphatic carbocycles. The zero-order valence-electron chi connectivity index (χ0n) is 6.59. The molecule has 0 amide bonds. The lowest BCUT2D eigenvalue weighted by molar-refractivity contribution is -0.109. The van der Waals surface area contributed by atoms with Gasteiger partial charge in [0.15, 0.2) is 0 Å². The Kier molecular flexibility index (Phi) is 1.94. The zero-order chi connectivity index (χ0) is 8.60. The second-order valence-corrected chi connectivity index (χ2v) is 4.53. The first-order valence-electron chi connectivity index (χ1n) is 3.99. The van der Waals surface area contributed by atoms with Crippen molar-refractivity contribution in [2.75, 3.05) is 0 Å². The number of carbonyl (C=O) groups is 1. The molecule has 0 heterocycles. The Morgan fingerprint density at radius 3 is 2.67 bits per heavy atom. The molecule has 1 aromatic rings. The molecule has 0 radical (unpaired) electrons. The van der Waals surface area contributed by atoms with Gasteiger partial charge >= 0.3 is 0 Å². The summed E-state index contributed by atoms with van der Waals surface area (Å²) in [5.41, 5.74) is 1.07. The standard InChI is InChI=1S/C10H9IO/c11-9-3-1-2-8(6-9)10(7-12)4-5-10/h1-3,6-7H,4-5H2. The summed E-state index contributed by atoms with van der Waals surface area (Å²) in [4.78, 5) is 10.8. The highest BCUT2D eigenvalue weighted by atomic mass is 127. The highest BCUT2D eigenvalue weighted by Crippen LogP contribution is 2.46. The van der Waals surface area contributed by atoms with Gasteiger partial charge in [0.25, 0.3) is 0 Å². The number of aldehydes is 1. The number of hydrogen-bond donors (Lipinski definition) is 0. The van der Waals surface area contributed by atoms with Crippen LogP contribution < -0.4 is 0 Å². The first-order valence-corrected chi connectivity index (χ1v) is 5.07. The summed E-state index contributed by atoms with van der Waals surface area (Å²) in [7, 11) is 0. The Balaban J connectivity index is 2.40. The van der Waals surface area contributed by atoms with Crippen LogP contribution in [0.4, 0.5) is 0 Å². The van der Waals surface area contributed by atoms with Crippen molar-refractivity contribution < 1.29 is 4.79 Å². The average molecular weight is 272 g/mol. The molecule has 0 bridgehead atoms. The van der Waals surface area contributed by atoms with Gasteiger partial charge in [-0.1, -0.05) is 12.1 Å². The van der Waals surface area contributed by atoms with Crippen LogP contribution in [0.25, 0.3) is 0 Å². The van der Waals surface area contributed by atoms with E-state index in [4.69, 9.17) is 0 Å². The van der Waals surface area contributed by atoms with Crippen molar-refractivity contribution in [2.24, 2.45) is 0 Å². The van der Waals surface area contributed by atoms with E-state index in [0.29, 0.717) is 0 Å². The van der Waals surface area contributed by atoms with Crippen LogP contribution in [0, 0.1) is 3.57 Å². The van der Waals surface area contributed by atoms with Gasteiger partial charge in [-0.15, -0.1) is 0 Å². The largest absolute Gasteiger partial charge is 0.302 e. The summed E-state index contributed by atoms with van der Waals surface area (Å²) in [6, 6.07) is 8.21. The van der Waals surface area contributed by atoms with Crippen LogP contribution in [-0.2, 0) is 10.2 Å². The van der Waals surface area contributed by atoms with Crippen molar-refractivity contribution in [2.45, 2.75) is 18.3 Å². The van der Waals surface area contributed by atoms with E-state index in [9.17, 15) is 4.79 Å². The van der Waals surface area contributed by atoms with E-state index in [1.807, 2.05) is 18.2 Å². The molecule has 2 heteroatoms. The first-order chi connectivity index (χ1) is 5.77. The molecule has 0 N–H and O–H groups in total. The lowest BCUT2D eigenvalue weighted by Crippen LogP contribution is -2.07. The van der Waals surface area contributed by atoms with Crippen LogP contribution in [0.2, 0.25) is 0 Å². The number of benzene rings is 1. The molecule has 0 aliphatic heterocycles. The minimum atomic E-state index is -0.110. The predicted octanol–water partition coefficient (Wildman–Crippen LogP) is 2.52. The minimum Gasteiger partial charge on any atom is -0.302 e. The van der Waals surface area contributed by atoms with Crippen LogP contribution in [0.5, 0.6) is 0 Å². The Bertz CT molecular complexity index is 315. The van der Waals surface area contributed by atoms with Gasteiger partial charge in [0, 0.05) is 3.57 Å². The van der Waals surface area contributed by atoms with E-state index in [1.54, 1.807) is 0 Å². The second kappa shape index (κ2) is 2.83. The first kappa shape index (κ1) is 8.23. The van der Waals surface area contributed by atoms with E-state index >= 15 is 0 Å². The number of rotatable bonds is 2. The summed E-state index contributed by atoms with van der Waals surface area (Å²) in [6.45, 7) is 0. The molecule has 62 valence electrons. The monoisotopic (exact) mass is 272 g/mol. The smallest absolute Gasteiger partial charge is 0.130 e. The maximum Gasteiger partial charge on any atom is 0.130 e. The normalized spacial score (nSPS) is 18.8. The molecular weight excluding hydrogens is 263 g/mol. The summed E-state index contributed by atoms with van der Waals surface area (Å²) >= 11 is 2.27. The average Bonchev–Trinajstić information content (AvgIpc) is 2.84. The quantitative estimate of drug-likeness (QED) is 0.597. The molecule has 2 rings (SSSR count).